The third-order valence-electron chi connectivity index (χ3n) is 5.99. The molecule has 1 aromatic heterocycles. The van der Waals surface area contributed by atoms with E-state index in [1.165, 1.54) is 0 Å². The monoisotopic (exact) mass is 478 g/mol. The maximum atomic E-state index is 11.0. The number of hydrogen-bond acceptors (Lipinski definition) is 5. The fourth-order valence-electron chi connectivity index (χ4n) is 4.05. The Morgan fingerprint density at radius 3 is 1.56 bits per heavy atom. The van der Waals surface area contributed by atoms with Gasteiger partial charge in [-0.2, -0.15) is 5.10 Å². The van der Waals surface area contributed by atoms with E-state index in [-0.39, 0.29) is 10.8 Å². The standard InChI is InChI=1S/C31H34N4O/c1-30(2,3)24-17-21(18-25(28(24)36)31(4,5)6)20-32-35-29-33-26(22-13-9-7-10-14-22)19-27(34-29)23-15-11-8-12-16-23/h7-20,36H,1-6H3,(H,33,34,35). The number of nitrogens with zero attached hydrogens (tertiary/aromatic N) is 3. The van der Waals surface area contributed by atoms with Crippen LogP contribution in [-0.2, 0) is 10.8 Å². The number of benzene rings is 3. The highest BCUT2D eigenvalue weighted by Gasteiger charge is 2.26. The summed E-state index contributed by atoms with van der Waals surface area (Å²) in [6, 6.07) is 26.1. The van der Waals surface area contributed by atoms with Gasteiger partial charge < -0.3 is 5.11 Å². The van der Waals surface area contributed by atoms with E-state index in [9.17, 15) is 5.11 Å². The Kier molecular flexibility index (Phi) is 6.93. The maximum absolute atomic E-state index is 11.0. The highest BCUT2D eigenvalue weighted by Crippen LogP contribution is 2.39. The molecule has 36 heavy (non-hydrogen) atoms. The van der Waals surface area contributed by atoms with Crippen LogP contribution in [0.4, 0.5) is 5.95 Å². The molecule has 4 rings (SSSR count). The van der Waals surface area contributed by atoms with Crippen molar-refractivity contribution in [2.45, 2.75) is 52.4 Å². The first-order chi connectivity index (χ1) is 17.0. The van der Waals surface area contributed by atoms with Gasteiger partial charge in [0, 0.05) is 22.3 Å². The second kappa shape index (κ2) is 9.94. The van der Waals surface area contributed by atoms with Crippen LogP contribution in [0.5, 0.6) is 5.75 Å². The Labute approximate surface area is 214 Å². The molecule has 0 radical (unpaired) electrons. The summed E-state index contributed by atoms with van der Waals surface area (Å²) in [5.41, 5.74) is 8.94. The second-order valence-corrected chi connectivity index (χ2v) is 11.0. The summed E-state index contributed by atoms with van der Waals surface area (Å²) in [5.74, 6) is 0.767. The van der Waals surface area contributed by atoms with E-state index < -0.39 is 0 Å². The Hall–Kier alpha value is -3.99. The molecule has 0 atom stereocenters. The molecule has 184 valence electrons. The molecule has 0 aliphatic rings. The van der Waals surface area contributed by atoms with E-state index in [1.54, 1.807) is 6.21 Å². The van der Waals surface area contributed by atoms with Gasteiger partial charge in [-0.15, -0.1) is 0 Å². The van der Waals surface area contributed by atoms with Gasteiger partial charge in [0.2, 0.25) is 5.95 Å². The lowest BCUT2D eigenvalue weighted by molar-refractivity contribution is 0.423. The van der Waals surface area contributed by atoms with Crippen molar-refractivity contribution < 1.29 is 5.11 Å². The molecule has 0 saturated heterocycles. The highest BCUT2D eigenvalue weighted by atomic mass is 16.3. The first-order valence-corrected chi connectivity index (χ1v) is 12.2. The number of nitrogens with one attached hydrogen (secondary N) is 1. The van der Waals surface area contributed by atoms with Gasteiger partial charge in [0.05, 0.1) is 17.6 Å². The average Bonchev–Trinajstić information content (AvgIpc) is 2.84. The zero-order valence-electron chi connectivity index (χ0n) is 21.9. The van der Waals surface area contributed by atoms with Crippen LogP contribution in [0.25, 0.3) is 22.5 Å². The number of anilines is 1. The van der Waals surface area contributed by atoms with Gasteiger partial charge in [-0.3, -0.25) is 0 Å². The number of hydrazone groups is 1. The minimum absolute atomic E-state index is 0.209. The summed E-state index contributed by atoms with van der Waals surface area (Å²) < 4.78 is 0. The Balaban J connectivity index is 1.71. The van der Waals surface area contributed by atoms with Crippen LogP contribution in [0, 0.1) is 0 Å². The van der Waals surface area contributed by atoms with Gasteiger partial charge in [-0.1, -0.05) is 102 Å². The van der Waals surface area contributed by atoms with Crippen molar-refractivity contribution in [1.82, 2.24) is 9.97 Å². The molecule has 0 amide bonds. The maximum Gasteiger partial charge on any atom is 0.244 e. The van der Waals surface area contributed by atoms with Crippen LogP contribution in [0.2, 0.25) is 0 Å². The Morgan fingerprint density at radius 1 is 0.694 bits per heavy atom. The van der Waals surface area contributed by atoms with E-state index in [2.05, 4.69) is 52.1 Å². The molecule has 1 heterocycles. The van der Waals surface area contributed by atoms with E-state index in [0.717, 1.165) is 39.2 Å². The zero-order chi connectivity index (χ0) is 25.9. The molecule has 0 spiro atoms. The molecular weight excluding hydrogens is 444 g/mol. The Morgan fingerprint density at radius 2 is 1.14 bits per heavy atom. The lowest BCUT2D eigenvalue weighted by atomic mass is 9.78. The van der Waals surface area contributed by atoms with Crippen LogP contribution in [0.15, 0.2) is 84.0 Å². The predicted molar refractivity (Wildman–Crippen MR) is 150 cm³/mol. The SMILES string of the molecule is CC(C)(C)c1cc(C=NNc2nc(-c3ccccc3)cc(-c3ccccc3)n2)cc(C(C)(C)C)c1O. The first kappa shape index (κ1) is 25.1. The number of aromatic hydroxyl groups is 1. The third kappa shape index (κ3) is 5.80. The van der Waals surface area contributed by atoms with Crippen LogP contribution < -0.4 is 5.43 Å². The lowest BCUT2D eigenvalue weighted by Gasteiger charge is -2.27. The fourth-order valence-corrected chi connectivity index (χ4v) is 4.05. The lowest BCUT2D eigenvalue weighted by Crippen LogP contribution is -2.18. The number of rotatable bonds is 5. The second-order valence-electron chi connectivity index (χ2n) is 11.0. The van der Waals surface area contributed by atoms with Crippen molar-refractivity contribution in [2.75, 3.05) is 5.43 Å². The topological polar surface area (TPSA) is 70.4 Å². The summed E-state index contributed by atoms with van der Waals surface area (Å²) in [6.07, 6.45) is 1.75. The summed E-state index contributed by atoms with van der Waals surface area (Å²) in [6.45, 7) is 12.6. The van der Waals surface area contributed by atoms with Crippen LogP contribution in [0.1, 0.15) is 58.2 Å². The first-order valence-electron chi connectivity index (χ1n) is 12.2. The summed E-state index contributed by atoms with van der Waals surface area (Å²) in [7, 11) is 0. The molecular formula is C31H34N4O. The minimum atomic E-state index is -0.209. The summed E-state index contributed by atoms with van der Waals surface area (Å²) in [5, 5.41) is 15.5. The van der Waals surface area contributed by atoms with Gasteiger partial charge in [0.15, 0.2) is 0 Å². The van der Waals surface area contributed by atoms with Crippen molar-refractivity contribution in [3.8, 4) is 28.3 Å². The number of aromatic nitrogens is 2. The molecule has 5 nitrogen and oxygen atoms in total. The van der Waals surface area contributed by atoms with Gasteiger partial charge in [0.1, 0.15) is 5.75 Å². The van der Waals surface area contributed by atoms with E-state index >= 15 is 0 Å². The highest BCUT2D eigenvalue weighted by molar-refractivity contribution is 5.82. The number of phenolic OH excluding ortho intramolecular Hbond substituents is 1. The van der Waals surface area contributed by atoms with E-state index in [0.29, 0.717) is 11.7 Å². The van der Waals surface area contributed by atoms with E-state index in [1.807, 2.05) is 78.9 Å². The van der Waals surface area contributed by atoms with Crippen molar-refractivity contribution in [3.05, 3.63) is 95.6 Å². The fraction of sp³-hybridized carbons (Fsp3) is 0.258. The molecule has 3 aromatic carbocycles. The van der Waals surface area contributed by atoms with Crippen LogP contribution in [-0.4, -0.2) is 21.3 Å². The van der Waals surface area contributed by atoms with Gasteiger partial charge in [-0.25, -0.2) is 15.4 Å². The molecule has 0 aliphatic heterocycles. The normalized spacial score (nSPS) is 12.2. The molecule has 5 heteroatoms. The van der Waals surface area contributed by atoms with Gasteiger partial charge in [-0.05, 0) is 34.6 Å². The Bertz CT molecular complexity index is 1270. The molecule has 0 unspecified atom stereocenters. The molecule has 0 fully saturated rings. The quantitative estimate of drug-likeness (QED) is 0.229. The predicted octanol–water partition coefficient (Wildman–Crippen LogP) is 7.56. The van der Waals surface area contributed by atoms with Crippen molar-refractivity contribution >= 4 is 12.2 Å². The van der Waals surface area contributed by atoms with Crippen molar-refractivity contribution in [2.24, 2.45) is 5.10 Å². The van der Waals surface area contributed by atoms with E-state index in [4.69, 9.17) is 9.97 Å². The van der Waals surface area contributed by atoms with Gasteiger partial charge >= 0.3 is 0 Å². The molecule has 0 saturated carbocycles. The summed E-state index contributed by atoms with van der Waals surface area (Å²) >= 11 is 0. The smallest absolute Gasteiger partial charge is 0.244 e. The number of hydrogen-bond donors (Lipinski definition) is 2. The third-order valence-corrected chi connectivity index (χ3v) is 5.99. The number of phenols is 1. The zero-order valence-corrected chi connectivity index (χ0v) is 21.9. The van der Waals surface area contributed by atoms with Crippen LogP contribution >= 0.6 is 0 Å². The van der Waals surface area contributed by atoms with Crippen molar-refractivity contribution in [3.63, 3.8) is 0 Å². The average molecular weight is 479 g/mol. The minimum Gasteiger partial charge on any atom is -0.507 e. The molecule has 0 aliphatic carbocycles. The largest absolute Gasteiger partial charge is 0.507 e. The van der Waals surface area contributed by atoms with Gasteiger partial charge in [0.25, 0.3) is 0 Å². The molecule has 0 bridgehead atoms. The van der Waals surface area contributed by atoms with Crippen molar-refractivity contribution in [1.29, 1.82) is 0 Å². The molecule has 2 N–H and O–H groups in total. The van der Waals surface area contributed by atoms with Crippen LogP contribution in [0.3, 0.4) is 0 Å². The molecule has 4 aromatic rings. The summed E-state index contributed by atoms with van der Waals surface area (Å²) in [4.78, 5) is 9.42.